The summed E-state index contributed by atoms with van der Waals surface area (Å²) in [5, 5.41) is 0.506. The van der Waals surface area contributed by atoms with E-state index >= 15 is 0 Å². The molecule has 0 aliphatic carbocycles. The lowest BCUT2D eigenvalue weighted by Crippen LogP contribution is -2.43. The molecule has 2 heterocycles. The first-order valence-corrected chi connectivity index (χ1v) is 9.45. The second-order valence-corrected chi connectivity index (χ2v) is 6.86. The van der Waals surface area contributed by atoms with Crippen LogP contribution in [0.5, 0.6) is 5.75 Å². The number of rotatable bonds is 4. The van der Waals surface area contributed by atoms with E-state index in [1.54, 1.807) is 4.90 Å². The molecule has 6 nitrogen and oxygen atoms in total. The summed E-state index contributed by atoms with van der Waals surface area (Å²) >= 11 is 1.33. The van der Waals surface area contributed by atoms with Crippen molar-refractivity contribution in [2.75, 3.05) is 19.3 Å². The van der Waals surface area contributed by atoms with Crippen molar-refractivity contribution in [3.05, 3.63) is 51.9 Å². The van der Waals surface area contributed by atoms with E-state index in [2.05, 4.69) is 9.97 Å². The van der Waals surface area contributed by atoms with Crippen LogP contribution in [0.15, 0.2) is 40.4 Å². The van der Waals surface area contributed by atoms with Gasteiger partial charge in [-0.1, -0.05) is 23.9 Å². The summed E-state index contributed by atoms with van der Waals surface area (Å²) in [7, 11) is 0. The average Bonchev–Trinajstić information content (AvgIpc) is 2.62. The summed E-state index contributed by atoms with van der Waals surface area (Å²) < 4.78 is 6.00. The second-order valence-electron chi connectivity index (χ2n) is 6.06. The molecule has 0 bridgehead atoms. The van der Waals surface area contributed by atoms with Gasteiger partial charge in [-0.05, 0) is 30.9 Å². The Morgan fingerprint density at radius 1 is 1.36 bits per heavy atom. The molecule has 0 radical (unpaired) electrons. The molecule has 0 atom stereocenters. The third-order valence-corrected chi connectivity index (χ3v) is 4.82. The zero-order chi connectivity index (χ0) is 17.8. The molecule has 1 N–H and O–H groups in total. The molecular formula is C18H21N3O3S. The van der Waals surface area contributed by atoms with Crippen LogP contribution < -0.4 is 10.3 Å². The van der Waals surface area contributed by atoms with Crippen molar-refractivity contribution in [3.8, 4) is 5.75 Å². The topological polar surface area (TPSA) is 75.3 Å². The molecule has 1 amide bonds. The van der Waals surface area contributed by atoms with E-state index in [0.717, 1.165) is 24.2 Å². The van der Waals surface area contributed by atoms with E-state index in [9.17, 15) is 9.59 Å². The summed E-state index contributed by atoms with van der Waals surface area (Å²) in [6, 6.07) is 7.96. The molecule has 0 unspecified atom stereocenters. The first-order chi connectivity index (χ1) is 12.1. The van der Waals surface area contributed by atoms with Crippen LogP contribution in [0.1, 0.15) is 28.8 Å². The summed E-state index contributed by atoms with van der Waals surface area (Å²) in [6.45, 7) is 3.17. The van der Waals surface area contributed by atoms with Crippen molar-refractivity contribution in [1.29, 1.82) is 0 Å². The zero-order valence-corrected chi connectivity index (χ0v) is 15.1. The molecule has 0 spiro atoms. The summed E-state index contributed by atoms with van der Waals surface area (Å²) in [6.07, 6.45) is 4.75. The molecule has 25 heavy (non-hydrogen) atoms. The van der Waals surface area contributed by atoms with Crippen molar-refractivity contribution < 1.29 is 9.53 Å². The van der Waals surface area contributed by atoms with Crippen LogP contribution in [0.25, 0.3) is 0 Å². The Morgan fingerprint density at radius 3 is 2.76 bits per heavy atom. The van der Waals surface area contributed by atoms with E-state index in [-0.39, 0.29) is 23.1 Å². The van der Waals surface area contributed by atoms with Gasteiger partial charge in [-0.25, -0.2) is 4.98 Å². The van der Waals surface area contributed by atoms with Crippen molar-refractivity contribution in [3.63, 3.8) is 0 Å². The van der Waals surface area contributed by atoms with Gasteiger partial charge in [0.25, 0.3) is 11.5 Å². The van der Waals surface area contributed by atoms with Gasteiger partial charge in [0.15, 0.2) is 5.16 Å². The lowest BCUT2D eigenvalue weighted by molar-refractivity contribution is 0.0593. The van der Waals surface area contributed by atoms with E-state index < -0.39 is 0 Å². The number of benzene rings is 1. The number of aromatic nitrogens is 2. The minimum absolute atomic E-state index is 0.0844. The number of ether oxygens (including phenoxy) is 1. The number of H-pyrrole nitrogens is 1. The summed E-state index contributed by atoms with van der Waals surface area (Å²) in [5.41, 5.74) is 0.865. The number of hydrogen-bond acceptors (Lipinski definition) is 5. The number of carbonyl (C=O) groups is 1. The third-order valence-electron chi connectivity index (χ3n) is 4.22. The van der Waals surface area contributed by atoms with Crippen molar-refractivity contribution >= 4 is 17.7 Å². The van der Waals surface area contributed by atoms with E-state index in [1.807, 2.05) is 37.4 Å². The Morgan fingerprint density at radius 2 is 2.12 bits per heavy atom. The highest BCUT2D eigenvalue weighted by Gasteiger charge is 2.26. The van der Waals surface area contributed by atoms with E-state index in [4.69, 9.17) is 4.74 Å². The number of aromatic amines is 1. The molecule has 132 valence electrons. The van der Waals surface area contributed by atoms with Gasteiger partial charge < -0.3 is 14.6 Å². The fourth-order valence-electron chi connectivity index (χ4n) is 2.86. The first kappa shape index (κ1) is 17.5. The maximum Gasteiger partial charge on any atom is 0.264 e. The largest absolute Gasteiger partial charge is 0.490 e. The maximum atomic E-state index is 12.5. The van der Waals surface area contributed by atoms with Gasteiger partial charge in [-0.15, -0.1) is 0 Å². The minimum atomic E-state index is -0.387. The van der Waals surface area contributed by atoms with Crippen LogP contribution in [-0.2, 0) is 0 Å². The van der Waals surface area contributed by atoms with Crippen LogP contribution in [0.2, 0.25) is 0 Å². The van der Waals surface area contributed by atoms with Gasteiger partial charge >= 0.3 is 0 Å². The zero-order valence-electron chi connectivity index (χ0n) is 14.3. The standard InChI is InChI=1S/C18H21N3O3S/c1-12-4-3-5-14(10-12)24-13-6-8-21(9-7-13)17(23)15-11-19-18(25-2)20-16(15)22/h3-5,10-11,13H,6-9H2,1-2H3,(H,19,20,22). The lowest BCUT2D eigenvalue weighted by atomic mass is 10.1. The predicted octanol–water partition coefficient (Wildman–Crippen LogP) is 2.48. The Labute approximate surface area is 150 Å². The summed E-state index contributed by atoms with van der Waals surface area (Å²) in [5.74, 6) is 0.591. The average molecular weight is 359 g/mol. The molecule has 1 aromatic heterocycles. The molecule has 1 aromatic carbocycles. The Bertz CT molecular complexity index is 813. The van der Waals surface area contributed by atoms with Crippen LogP contribution in [-0.4, -0.2) is 46.2 Å². The molecule has 1 saturated heterocycles. The van der Waals surface area contributed by atoms with E-state index in [0.29, 0.717) is 18.2 Å². The highest BCUT2D eigenvalue weighted by molar-refractivity contribution is 7.98. The molecule has 1 fully saturated rings. The van der Waals surface area contributed by atoms with Gasteiger partial charge in [0.1, 0.15) is 17.4 Å². The lowest BCUT2D eigenvalue weighted by Gasteiger charge is -2.32. The second kappa shape index (κ2) is 7.74. The number of carbonyl (C=O) groups excluding carboxylic acids is 1. The number of likely N-dealkylation sites (tertiary alicyclic amines) is 1. The molecule has 1 aliphatic heterocycles. The molecule has 1 aliphatic rings. The number of nitrogens with zero attached hydrogens (tertiary/aromatic N) is 2. The molecule has 7 heteroatoms. The minimum Gasteiger partial charge on any atom is -0.490 e. The fourth-order valence-corrected chi connectivity index (χ4v) is 3.22. The normalized spacial score (nSPS) is 15.2. The van der Waals surface area contributed by atoms with Crippen molar-refractivity contribution in [2.24, 2.45) is 0 Å². The third kappa shape index (κ3) is 4.22. The molecular weight excluding hydrogens is 338 g/mol. The van der Waals surface area contributed by atoms with Crippen molar-refractivity contribution in [2.45, 2.75) is 31.0 Å². The fraction of sp³-hybridized carbons (Fsp3) is 0.389. The van der Waals surface area contributed by atoms with Gasteiger partial charge in [-0.3, -0.25) is 9.59 Å². The van der Waals surface area contributed by atoms with Crippen LogP contribution in [0.3, 0.4) is 0 Å². The number of amides is 1. The van der Waals surface area contributed by atoms with Crippen LogP contribution in [0.4, 0.5) is 0 Å². The van der Waals surface area contributed by atoms with Gasteiger partial charge in [0, 0.05) is 32.1 Å². The van der Waals surface area contributed by atoms with Crippen molar-refractivity contribution in [1.82, 2.24) is 14.9 Å². The maximum absolute atomic E-state index is 12.5. The quantitative estimate of drug-likeness (QED) is 0.670. The number of hydrogen-bond donors (Lipinski definition) is 1. The Balaban J connectivity index is 1.60. The smallest absolute Gasteiger partial charge is 0.264 e. The SMILES string of the molecule is CSc1ncc(C(=O)N2CCC(Oc3cccc(C)c3)CC2)c(=O)[nH]1. The molecule has 3 rings (SSSR count). The Kier molecular flexibility index (Phi) is 5.43. The number of nitrogens with one attached hydrogen (secondary N) is 1. The van der Waals surface area contributed by atoms with E-state index in [1.165, 1.54) is 18.0 Å². The predicted molar refractivity (Wildman–Crippen MR) is 97.4 cm³/mol. The van der Waals surface area contributed by atoms with Gasteiger partial charge in [0.05, 0.1) is 0 Å². The Hall–Kier alpha value is -2.28. The highest BCUT2D eigenvalue weighted by atomic mass is 32.2. The number of aryl methyl sites for hydroxylation is 1. The molecule has 2 aromatic rings. The number of thioether (sulfide) groups is 1. The van der Waals surface area contributed by atoms with Gasteiger partial charge in [0.2, 0.25) is 0 Å². The van der Waals surface area contributed by atoms with Crippen LogP contribution >= 0.6 is 11.8 Å². The number of piperidine rings is 1. The highest BCUT2D eigenvalue weighted by Crippen LogP contribution is 2.20. The van der Waals surface area contributed by atoms with Gasteiger partial charge in [-0.2, -0.15) is 0 Å². The summed E-state index contributed by atoms with van der Waals surface area (Å²) in [4.78, 5) is 33.0. The molecule has 0 saturated carbocycles. The monoisotopic (exact) mass is 359 g/mol. The van der Waals surface area contributed by atoms with Crippen LogP contribution in [0, 0.1) is 6.92 Å². The first-order valence-electron chi connectivity index (χ1n) is 8.22.